The Labute approximate surface area is 217 Å². The monoisotopic (exact) mass is 501 g/mol. The van der Waals surface area contributed by atoms with Crippen molar-refractivity contribution in [3.05, 3.63) is 47.5 Å². The molecule has 194 valence electrons. The molecule has 1 aromatic heterocycles. The fourth-order valence-electron chi connectivity index (χ4n) is 9.14. The fourth-order valence-corrected chi connectivity index (χ4v) is 9.14. The lowest BCUT2D eigenvalue weighted by atomic mass is 9.42. The van der Waals surface area contributed by atoms with Crippen LogP contribution in [0.4, 0.5) is 4.79 Å². The highest BCUT2D eigenvalue weighted by atomic mass is 16.5. The average molecular weight is 502 g/mol. The van der Waals surface area contributed by atoms with Gasteiger partial charge < -0.3 is 19.6 Å². The first kappa shape index (κ1) is 22.1. The molecule has 37 heavy (non-hydrogen) atoms. The Morgan fingerprint density at radius 3 is 2.81 bits per heavy atom. The normalized spacial score (nSPS) is 35.1. The number of carbonyl (C=O) groups is 1. The molecule has 2 aromatic rings. The van der Waals surface area contributed by atoms with Gasteiger partial charge in [-0.3, -0.25) is 4.90 Å². The highest BCUT2D eigenvalue weighted by Crippen LogP contribution is 2.71. The summed E-state index contributed by atoms with van der Waals surface area (Å²) < 4.78 is 6.82. The number of aromatic nitrogens is 2. The molecule has 1 aromatic carbocycles. The van der Waals surface area contributed by atoms with Gasteiger partial charge in [0.05, 0.1) is 12.6 Å². The van der Waals surface area contributed by atoms with Gasteiger partial charge >= 0.3 is 6.03 Å². The Balaban J connectivity index is 1.21. The molecule has 8 nitrogen and oxygen atoms in total. The second-order valence-electron chi connectivity index (χ2n) is 12.4. The predicted molar refractivity (Wildman–Crippen MR) is 136 cm³/mol. The second-order valence-corrected chi connectivity index (χ2v) is 12.4. The first-order chi connectivity index (χ1) is 18.0. The van der Waals surface area contributed by atoms with Crippen molar-refractivity contribution in [3.63, 3.8) is 0 Å². The van der Waals surface area contributed by atoms with E-state index in [0.29, 0.717) is 24.2 Å². The van der Waals surface area contributed by atoms with E-state index < -0.39 is 0 Å². The van der Waals surface area contributed by atoms with Crippen LogP contribution in [0.5, 0.6) is 11.5 Å². The number of benzene rings is 1. The maximum absolute atomic E-state index is 14.0. The zero-order chi connectivity index (χ0) is 24.9. The highest BCUT2D eigenvalue weighted by Gasteiger charge is 2.74. The molecule has 5 heterocycles. The van der Waals surface area contributed by atoms with Crippen LogP contribution in [0.2, 0.25) is 0 Å². The molecular formula is C29H35N5O3. The first-order valence-electron chi connectivity index (χ1n) is 14.1. The highest BCUT2D eigenvalue weighted by molar-refractivity contribution is 5.75. The summed E-state index contributed by atoms with van der Waals surface area (Å²) in [5.74, 6) is 2.46. The summed E-state index contributed by atoms with van der Waals surface area (Å²) in [5.41, 5.74) is 2.59. The number of fused-ring (bicyclic) bond motifs is 3. The molecule has 5 fully saturated rings. The van der Waals surface area contributed by atoms with E-state index in [0.717, 1.165) is 51.1 Å². The number of aromatic hydroxyl groups is 1. The van der Waals surface area contributed by atoms with Crippen LogP contribution in [0.15, 0.2) is 30.6 Å². The van der Waals surface area contributed by atoms with Gasteiger partial charge in [0.15, 0.2) is 11.5 Å². The number of nitrogens with zero attached hydrogens (tertiary/aromatic N) is 5. The average Bonchev–Trinajstić information content (AvgIpc) is 3.70. The second kappa shape index (κ2) is 7.59. The Kier molecular flexibility index (Phi) is 4.54. The lowest BCUT2D eigenvalue weighted by Gasteiger charge is -2.66. The molecule has 7 aliphatic rings. The molecule has 8 heteroatoms. The number of phenols is 1. The molecule has 4 aliphatic heterocycles. The van der Waals surface area contributed by atoms with Gasteiger partial charge in [0.1, 0.15) is 11.9 Å². The summed E-state index contributed by atoms with van der Waals surface area (Å²) in [6.07, 6.45) is 11.2. The Hall–Kier alpha value is -2.87. The smallest absolute Gasteiger partial charge is 0.320 e. The minimum atomic E-state index is -0.127. The third-order valence-corrected chi connectivity index (χ3v) is 10.8. The van der Waals surface area contributed by atoms with Gasteiger partial charge in [-0.05, 0) is 75.1 Å². The van der Waals surface area contributed by atoms with Crippen molar-refractivity contribution in [2.75, 3.05) is 26.7 Å². The van der Waals surface area contributed by atoms with Crippen LogP contribution in [0.25, 0.3) is 0 Å². The third kappa shape index (κ3) is 2.85. The topological polar surface area (TPSA) is 82.0 Å². The molecule has 1 N–H and O–H groups in total. The fraction of sp³-hybridized carbons (Fsp3) is 0.621. The number of phenolic OH excluding ortho intramolecular Hbond substituents is 1. The molecule has 2 amide bonds. The number of carbonyl (C=O) groups excluding carboxylic acids is 1. The van der Waals surface area contributed by atoms with Crippen LogP contribution < -0.4 is 4.74 Å². The summed E-state index contributed by atoms with van der Waals surface area (Å²) in [4.78, 5) is 29.3. The predicted octanol–water partition coefficient (Wildman–Crippen LogP) is 3.33. The molecular weight excluding hydrogens is 466 g/mol. The number of ether oxygens (including phenoxy) is 1. The molecule has 0 radical (unpaired) electrons. The number of urea groups is 1. The summed E-state index contributed by atoms with van der Waals surface area (Å²) in [6.45, 7) is 3.43. The van der Waals surface area contributed by atoms with E-state index in [2.05, 4.69) is 25.8 Å². The van der Waals surface area contributed by atoms with Crippen LogP contribution in [0, 0.1) is 11.3 Å². The van der Waals surface area contributed by atoms with E-state index in [-0.39, 0.29) is 34.8 Å². The van der Waals surface area contributed by atoms with Crippen molar-refractivity contribution in [2.45, 2.75) is 75.1 Å². The molecule has 4 bridgehead atoms. The number of hydrogen-bond donors (Lipinski definition) is 1. The quantitative estimate of drug-likeness (QED) is 0.692. The zero-order valence-corrected chi connectivity index (χ0v) is 21.5. The Morgan fingerprint density at radius 2 is 2.00 bits per heavy atom. The van der Waals surface area contributed by atoms with Gasteiger partial charge in [0.25, 0.3) is 0 Å². The number of hydrogen-bond acceptors (Lipinski definition) is 6. The molecule has 5 atom stereocenters. The van der Waals surface area contributed by atoms with Crippen molar-refractivity contribution in [3.8, 4) is 11.5 Å². The number of amides is 2. The Morgan fingerprint density at radius 1 is 1.16 bits per heavy atom. The van der Waals surface area contributed by atoms with Gasteiger partial charge in [0, 0.05) is 55.0 Å². The standard InChI is InChI=1S/C29H35N5O3/c1-32(17-23-30-11-2-12-31-23)27(36)34-14-9-28-8-7-20(34)26-29(28)10-13-33(16-18-3-4-18)22(28)15-19-5-6-21(35)25(37-26)24(19)29/h2,5-6,11-12,18,20,22,26,35H,3-4,7-10,13-17H2,1H3/t20-,22-,26+,28-,29+/m1/s1. The molecule has 3 aliphatic carbocycles. The minimum absolute atomic E-state index is 0.00403. The maximum Gasteiger partial charge on any atom is 0.320 e. The van der Waals surface area contributed by atoms with Gasteiger partial charge in [-0.15, -0.1) is 0 Å². The zero-order valence-electron chi connectivity index (χ0n) is 21.5. The maximum atomic E-state index is 14.0. The molecule has 9 rings (SSSR count). The lowest BCUT2D eigenvalue weighted by molar-refractivity contribution is -0.129. The number of likely N-dealkylation sites (tertiary alicyclic amines) is 1. The van der Waals surface area contributed by atoms with Gasteiger partial charge in [-0.25, -0.2) is 14.8 Å². The number of piperidine rings is 1. The molecule has 3 saturated heterocycles. The molecule has 0 unspecified atom stereocenters. The minimum Gasteiger partial charge on any atom is -0.504 e. The summed E-state index contributed by atoms with van der Waals surface area (Å²) in [5, 5.41) is 10.9. The van der Waals surface area contributed by atoms with E-state index in [1.165, 1.54) is 30.5 Å². The van der Waals surface area contributed by atoms with E-state index in [4.69, 9.17) is 4.74 Å². The lowest BCUT2D eigenvalue weighted by Crippen LogP contribution is -2.73. The first-order valence-corrected chi connectivity index (χ1v) is 14.1. The third-order valence-electron chi connectivity index (χ3n) is 10.8. The number of rotatable bonds is 4. The van der Waals surface area contributed by atoms with E-state index in [1.807, 2.05) is 13.1 Å². The van der Waals surface area contributed by atoms with Crippen molar-refractivity contribution < 1.29 is 14.6 Å². The van der Waals surface area contributed by atoms with Crippen molar-refractivity contribution in [2.24, 2.45) is 11.3 Å². The summed E-state index contributed by atoms with van der Waals surface area (Å²) in [7, 11) is 1.85. The van der Waals surface area contributed by atoms with Crippen molar-refractivity contribution in [1.29, 1.82) is 0 Å². The van der Waals surface area contributed by atoms with E-state index >= 15 is 0 Å². The largest absolute Gasteiger partial charge is 0.504 e. The van der Waals surface area contributed by atoms with Crippen LogP contribution in [0.3, 0.4) is 0 Å². The van der Waals surface area contributed by atoms with Gasteiger partial charge in [0.2, 0.25) is 0 Å². The van der Waals surface area contributed by atoms with Crippen LogP contribution in [-0.4, -0.2) is 80.7 Å². The SMILES string of the molecule is CN(Cc1ncccn1)C(=O)N1CC[C@@]23CC[C@@H]1[C@@H]1Oc4c(O)ccc5c4[C@@]12CCN(CC1CC1)[C@@H]3C5. The van der Waals surface area contributed by atoms with Crippen LogP contribution in [0.1, 0.15) is 55.5 Å². The molecule has 2 spiro atoms. The van der Waals surface area contributed by atoms with E-state index in [9.17, 15) is 9.90 Å². The van der Waals surface area contributed by atoms with E-state index in [1.54, 1.807) is 23.4 Å². The van der Waals surface area contributed by atoms with Crippen molar-refractivity contribution >= 4 is 6.03 Å². The van der Waals surface area contributed by atoms with Crippen LogP contribution in [-0.2, 0) is 18.4 Å². The summed E-state index contributed by atoms with van der Waals surface area (Å²) >= 11 is 0. The Bertz CT molecular complexity index is 1270. The molecule has 2 saturated carbocycles. The van der Waals surface area contributed by atoms with Crippen molar-refractivity contribution in [1.82, 2.24) is 24.7 Å². The van der Waals surface area contributed by atoms with Gasteiger partial charge in [-0.2, -0.15) is 0 Å². The summed E-state index contributed by atoms with van der Waals surface area (Å²) in [6, 6.07) is 6.27. The van der Waals surface area contributed by atoms with Gasteiger partial charge in [-0.1, -0.05) is 6.07 Å². The van der Waals surface area contributed by atoms with Crippen LogP contribution >= 0.6 is 0 Å².